The molecule has 192 valence electrons. The molecule has 2 aromatic carbocycles. The van der Waals surface area contributed by atoms with Gasteiger partial charge < -0.3 is 5.32 Å². The molecule has 6 nitrogen and oxygen atoms in total. The Balaban J connectivity index is 1.54. The molecule has 0 aliphatic carbocycles. The number of hydrogen-bond acceptors (Lipinski definition) is 6. The summed E-state index contributed by atoms with van der Waals surface area (Å²) in [7, 11) is -2.37. The molecule has 0 bridgehead atoms. The van der Waals surface area contributed by atoms with E-state index in [1.54, 1.807) is 43.0 Å². The summed E-state index contributed by atoms with van der Waals surface area (Å²) >= 11 is 1.19. The summed E-state index contributed by atoms with van der Waals surface area (Å²) in [5, 5.41) is 3.55. The van der Waals surface area contributed by atoms with Crippen molar-refractivity contribution in [2.75, 3.05) is 10.0 Å². The molecular weight excluding hydrogens is 538 g/mol. The summed E-state index contributed by atoms with van der Waals surface area (Å²) in [5.41, 5.74) is 0.678. The molecule has 1 atom stereocenters. The second-order valence-electron chi connectivity index (χ2n) is 7.88. The van der Waals surface area contributed by atoms with E-state index in [1.165, 1.54) is 11.3 Å². The molecule has 0 saturated heterocycles. The third-order valence-corrected chi connectivity index (χ3v) is 7.54. The van der Waals surface area contributed by atoms with Crippen molar-refractivity contribution < 1.29 is 21.8 Å². The van der Waals surface area contributed by atoms with Gasteiger partial charge in [0.25, 0.3) is 0 Å². The van der Waals surface area contributed by atoms with E-state index in [-0.39, 0.29) is 11.4 Å². The summed E-state index contributed by atoms with van der Waals surface area (Å²) in [5.74, 6) is -3.75. The van der Waals surface area contributed by atoms with Gasteiger partial charge in [0.1, 0.15) is 17.5 Å². The van der Waals surface area contributed by atoms with Crippen LogP contribution in [-0.2, 0) is 17.5 Å². The first kappa shape index (κ1) is 25.5. The van der Waals surface area contributed by atoms with Crippen molar-refractivity contribution in [3.05, 3.63) is 108 Å². The first-order chi connectivity index (χ1) is 18.4. The van der Waals surface area contributed by atoms with Crippen molar-refractivity contribution in [2.24, 2.45) is 0 Å². The highest BCUT2D eigenvalue weighted by molar-refractivity contribution is 7.86. The molecule has 0 amide bonds. The first-order valence-corrected chi connectivity index (χ1v) is 13.0. The average molecular weight is 556 g/mol. The van der Waals surface area contributed by atoms with Crippen LogP contribution < -0.4 is 10.0 Å². The van der Waals surface area contributed by atoms with Crippen LogP contribution in [0, 0.1) is 23.3 Å². The van der Waals surface area contributed by atoms with E-state index >= 15 is 8.78 Å². The molecule has 0 spiro atoms. The summed E-state index contributed by atoms with van der Waals surface area (Å²) in [6.07, 6.45) is 6.42. The van der Waals surface area contributed by atoms with Gasteiger partial charge in [-0.15, -0.1) is 0 Å². The predicted octanol–water partition coefficient (Wildman–Crippen LogP) is 6.57. The number of benzene rings is 2. The van der Waals surface area contributed by atoms with E-state index in [4.69, 9.17) is 0 Å². The molecule has 38 heavy (non-hydrogen) atoms. The van der Waals surface area contributed by atoms with Crippen molar-refractivity contribution in [1.82, 2.24) is 15.0 Å². The van der Waals surface area contributed by atoms with Gasteiger partial charge in [-0.1, -0.05) is 17.4 Å². The summed E-state index contributed by atoms with van der Waals surface area (Å²) in [4.78, 5) is 12.5. The maximum Gasteiger partial charge on any atom is 0.184 e. The third kappa shape index (κ3) is 5.41. The molecule has 5 aromatic rings. The monoisotopic (exact) mass is 555 g/mol. The highest BCUT2D eigenvalue weighted by atomic mass is 32.2. The number of pyridine rings is 2. The number of anilines is 2. The van der Waals surface area contributed by atoms with Crippen molar-refractivity contribution in [3.8, 4) is 21.7 Å². The van der Waals surface area contributed by atoms with Crippen LogP contribution in [0.1, 0.15) is 5.56 Å². The minimum atomic E-state index is -2.37. The SMILES string of the molecule is O=S(Nc1ccc(F)c(-c2nc(NCc3cccnc3)sc2-c2ccncc2)c1F)c1cc(F)ccc1F. The average Bonchev–Trinajstić information content (AvgIpc) is 3.35. The fraction of sp³-hybridized carbons (Fsp3) is 0.0385. The second-order valence-corrected chi connectivity index (χ2v) is 10.1. The Bertz CT molecular complexity index is 1620. The van der Waals surface area contributed by atoms with Gasteiger partial charge in [0.2, 0.25) is 0 Å². The van der Waals surface area contributed by atoms with E-state index < -0.39 is 44.7 Å². The Labute approximate surface area is 221 Å². The van der Waals surface area contributed by atoms with Crippen LogP contribution in [-0.4, -0.2) is 19.2 Å². The topological polar surface area (TPSA) is 79.8 Å². The molecule has 0 aliphatic rings. The minimum absolute atomic E-state index is 0.0104. The molecule has 5 rings (SSSR count). The van der Waals surface area contributed by atoms with E-state index in [9.17, 15) is 13.0 Å². The van der Waals surface area contributed by atoms with Gasteiger partial charge in [0.05, 0.1) is 26.7 Å². The fourth-order valence-electron chi connectivity index (χ4n) is 3.57. The smallest absolute Gasteiger partial charge is 0.184 e. The van der Waals surface area contributed by atoms with Crippen LogP contribution >= 0.6 is 11.3 Å². The van der Waals surface area contributed by atoms with Gasteiger partial charge in [-0.2, -0.15) is 0 Å². The van der Waals surface area contributed by atoms with Crippen LogP contribution in [0.3, 0.4) is 0 Å². The Morgan fingerprint density at radius 2 is 1.68 bits per heavy atom. The standard InChI is InChI=1S/C26H17F4N5OS2/c27-17-3-4-18(28)21(12-17)38(36)35-20-6-5-19(29)22(23(20)30)24-25(16-7-10-31-11-8-16)37-26(34-24)33-14-15-2-1-9-32-13-15/h1-13,35H,14H2,(H,33,34). The molecule has 2 N–H and O–H groups in total. The number of nitrogens with zero attached hydrogens (tertiary/aromatic N) is 3. The molecular formula is C26H17F4N5OS2. The Hall–Kier alpha value is -4.16. The van der Waals surface area contributed by atoms with Gasteiger partial charge in [0, 0.05) is 31.3 Å². The highest BCUT2D eigenvalue weighted by Gasteiger charge is 2.24. The van der Waals surface area contributed by atoms with Crippen LogP contribution in [0.4, 0.5) is 28.4 Å². The van der Waals surface area contributed by atoms with E-state index in [1.807, 2.05) is 6.07 Å². The Morgan fingerprint density at radius 3 is 2.45 bits per heavy atom. The number of thiazole rings is 1. The Kier molecular flexibility index (Phi) is 7.43. The summed E-state index contributed by atoms with van der Waals surface area (Å²) in [6, 6.07) is 11.5. The zero-order chi connectivity index (χ0) is 26.6. The number of halogens is 4. The number of aromatic nitrogens is 3. The quantitative estimate of drug-likeness (QED) is 0.212. The molecule has 0 radical (unpaired) electrons. The molecule has 0 saturated carbocycles. The van der Waals surface area contributed by atoms with E-state index in [0.717, 1.165) is 35.9 Å². The zero-order valence-electron chi connectivity index (χ0n) is 19.3. The lowest BCUT2D eigenvalue weighted by molar-refractivity contribution is 0.572. The second kappa shape index (κ2) is 11.1. The first-order valence-electron chi connectivity index (χ1n) is 11.1. The van der Waals surface area contributed by atoms with Gasteiger partial charge in [-0.3, -0.25) is 14.7 Å². The Morgan fingerprint density at radius 1 is 0.895 bits per heavy atom. The number of rotatable bonds is 8. The number of hydrogen-bond donors (Lipinski definition) is 2. The lowest BCUT2D eigenvalue weighted by atomic mass is 10.1. The van der Waals surface area contributed by atoms with Crippen molar-refractivity contribution >= 4 is 33.1 Å². The summed E-state index contributed by atoms with van der Waals surface area (Å²) < 4.78 is 73.5. The maximum absolute atomic E-state index is 15.7. The molecule has 0 aliphatic heterocycles. The fourth-order valence-corrected chi connectivity index (χ4v) is 5.47. The molecule has 3 aromatic heterocycles. The van der Waals surface area contributed by atoms with E-state index in [2.05, 4.69) is 25.0 Å². The zero-order valence-corrected chi connectivity index (χ0v) is 20.9. The van der Waals surface area contributed by atoms with E-state index in [0.29, 0.717) is 22.1 Å². The minimum Gasteiger partial charge on any atom is -0.357 e. The third-order valence-electron chi connectivity index (χ3n) is 5.36. The normalized spacial score (nSPS) is 11.8. The van der Waals surface area contributed by atoms with Gasteiger partial charge in [0.15, 0.2) is 21.9 Å². The molecule has 0 fully saturated rings. The van der Waals surface area contributed by atoms with Crippen LogP contribution in [0.2, 0.25) is 0 Å². The lowest BCUT2D eigenvalue weighted by Gasteiger charge is -2.12. The van der Waals surface area contributed by atoms with Crippen molar-refractivity contribution in [1.29, 1.82) is 0 Å². The largest absolute Gasteiger partial charge is 0.357 e. The maximum atomic E-state index is 15.7. The van der Waals surface area contributed by atoms with Gasteiger partial charge in [-0.05, 0) is 59.7 Å². The van der Waals surface area contributed by atoms with Crippen LogP contribution in [0.15, 0.2) is 84.3 Å². The molecule has 12 heteroatoms. The molecule has 3 heterocycles. The van der Waals surface area contributed by atoms with Gasteiger partial charge in [-0.25, -0.2) is 26.8 Å². The predicted molar refractivity (Wildman–Crippen MR) is 139 cm³/mol. The van der Waals surface area contributed by atoms with Crippen LogP contribution in [0.25, 0.3) is 21.7 Å². The van der Waals surface area contributed by atoms with Crippen molar-refractivity contribution in [3.63, 3.8) is 0 Å². The van der Waals surface area contributed by atoms with Crippen molar-refractivity contribution in [2.45, 2.75) is 11.4 Å². The molecule has 1 unspecified atom stereocenters. The number of nitrogens with one attached hydrogen (secondary N) is 2. The van der Waals surface area contributed by atoms with Gasteiger partial charge >= 0.3 is 0 Å². The lowest BCUT2D eigenvalue weighted by Crippen LogP contribution is -2.09. The van der Waals surface area contributed by atoms with Crippen LogP contribution in [0.5, 0.6) is 0 Å². The highest BCUT2D eigenvalue weighted by Crippen LogP contribution is 2.42. The summed E-state index contributed by atoms with van der Waals surface area (Å²) in [6.45, 7) is 0.376.